The molecule has 1 N–H and O–H groups in total. The second-order valence-electron chi connectivity index (χ2n) is 6.68. The Morgan fingerprint density at radius 3 is 2.67 bits per heavy atom. The first-order valence-corrected chi connectivity index (χ1v) is 9.52. The number of benzene rings is 1. The molecule has 0 atom stereocenters. The highest BCUT2D eigenvalue weighted by Gasteiger charge is 2.38. The van der Waals surface area contributed by atoms with Crippen molar-refractivity contribution < 1.29 is 0 Å². The molecule has 1 aliphatic carbocycles. The van der Waals surface area contributed by atoms with Crippen molar-refractivity contribution >= 4 is 38.5 Å². The van der Waals surface area contributed by atoms with Gasteiger partial charge in [-0.05, 0) is 78.6 Å². The summed E-state index contributed by atoms with van der Waals surface area (Å²) < 4.78 is 1.13. The third-order valence-electron chi connectivity index (χ3n) is 4.68. The molecule has 1 spiro atoms. The minimum absolute atomic E-state index is 0.213. The molecule has 2 aliphatic rings. The van der Waals surface area contributed by atoms with Crippen LogP contribution in [0.4, 0.5) is 5.69 Å². The van der Waals surface area contributed by atoms with Gasteiger partial charge in [0.25, 0.3) is 0 Å². The topological polar surface area (TPSA) is 24.4 Å². The lowest BCUT2D eigenvalue weighted by molar-refractivity contribution is 0.273. The highest BCUT2D eigenvalue weighted by molar-refractivity contribution is 9.10. The molecule has 0 saturated heterocycles. The van der Waals surface area contributed by atoms with Gasteiger partial charge in [0, 0.05) is 10.2 Å². The first-order chi connectivity index (χ1) is 9.97. The number of thioether (sulfide) groups is 1. The molecule has 0 bridgehead atoms. The highest BCUT2D eigenvalue weighted by atomic mass is 79.9. The molecule has 2 nitrogen and oxygen atoms in total. The highest BCUT2D eigenvalue weighted by Crippen LogP contribution is 2.42. The third-order valence-corrected chi connectivity index (χ3v) is 6.46. The zero-order valence-electron chi connectivity index (χ0n) is 13.0. The summed E-state index contributed by atoms with van der Waals surface area (Å²) >= 11 is 5.56. The Morgan fingerprint density at radius 1 is 1.29 bits per heavy atom. The number of hydrogen-bond donors (Lipinski definition) is 1. The van der Waals surface area contributed by atoms with E-state index < -0.39 is 0 Å². The summed E-state index contributed by atoms with van der Waals surface area (Å²) in [7, 11) is 0. The van der Waals surface area contributed by atoms with E-state index >= 15 is 0 Å². The smallest absolute Gasteiger partial charge is 0.161 e. The molecule has 21 heavy (non-hydrogen) atoms. The Bertz CT molecular complexity index is 551. The summed E-state index contributed by atoms with van der Waals surface area (Å²) in [5.74, 6) is 2.02. The fourth-order valence-corrected chi connectivity index (χ4v) is 5.25. The molecule has 1 saturated carbocycles. The van der Waals surface area contributed by atoms with Crippen molar-refractivity contribution in [3.63, 3.8) is 0 Å². The van der Waals surface area contributed by atoms with E-state index in [0.717, 1.165) is 27.0 Å². The number of hydrogen-bond acceptors (Lipinski definition) is 3. The zero-order valence-corrected chi connectivity index (χ0v) is 15.4. The normalized spacial score (nSPS) is 28.8. The van der Waals surface area contributed by atoms with E-state index in [1.807, 2.05) is 11.8 Å². The van der Waals surface area contributed by atoms with Gasteiger partial charge in [-0.25, -0.2) is 0 Å². The summed E-state index contributed by atoms with van der Waals surface area (Å²) in [5, 5.41) is 4.65. The number of aliphatic imine (C=N–C) groups is 1. The first-order valence-electron chi connectivity index (χ1n) is 7.74. The number of nitrogens with one attached hydrogen (secondary N) is 1. The lowest BCUT2D eigenvalue weighted by atomic mass is 9.79. The van der Waals surface area contributed by atoms with Crippen molar-refractivity contribution in [1.29, 1.82) is 0 Å². The molecule has 1 fully saturated rings. The van der Waals surface area contributed by atoms with Crippen molar-refractivity contribution in [2.24, 2.45) is 10.9 Å². The summed E-state index contributed by atoms with van der Waals surface area (Å²) in [6, 6.07) is 4.37. The van der Waals surface area contributed by atoms with Crippen LogP contribution in [-0.4, -0.2) is 16.5 Å². The largest absolute Gasteiger partial charge is 0.334 e. The maximum atomic E-state index is 5.06. The minimum atomic E-state index is 0.213. The van der Waals surface area contributed by atoms with E-state index in [9.17, 15) is 0 Å². The van der Waals surface area contributed by atoms with Crippen LogP contribution in [0, 0.1) is 19.8 Å². The van der Waals surface area contributed by atoms with Gasteiger partial charge in [-0.2, -0.15) is 0 Å². The van der Waals surface area contributed by atoms with Crippen molar-refractivity contribution in [2.75, 3.05) is 11.1 Å². The maximum absolute atomic E-state index is 5.06. The predicted molar refractivity (Wildman–Crippen MR) is 97.5 cm³/mol. The van der Waals surface area contributed by atoms with E-state index in [1.54, 1.807) is 0 Å². The van der Waals surface area contributed by atoms with Crippen LogP contribution < -0.4 is 5.32 Å². The number of aryl methyl sites for hydroxylation is 2. The Balaban J connectivity index is 1.77. The molecular formula is C17H23BrN2S. The number of anilines is 1. The molecule has 1 aromatic carbocycles. The molecule has 1 aromatic rings. The Labute approximate surface area is 140 Å². The first kappa shape index (κ1) is 15.4. The average Bonchev–Trinajstić information content (AvgIpc) is 2.81. The van der Waals surface area contributed by atoms with E-state index in [2.05, 4.69) is 54.2 Å². The van der Waals surface area contributed by atoms with E-state index in [0.29, 0.717) is 0 Å². The van der Waals surface area contributed by atoms with Crippen LogP contribution in [0.1, 0.15) is 43.7 Å². The number of amidine groups is 1. The van der Waals surface area contributed by atoms with Gasteiger partial charge in [0.1, 0.15) is 0 Å². The fraction of sp³-hybridized carbons (Fsp3) is 0.588. The zero-order chi connectivity index (χ0) is 15.0. The lowest BCUT2D eigenvalue weighted by Crippen LogP contribution is -2.32. The number of rotatable bonds is 1. The SMILES string of the molecule is Cc1cc(C)c(NC2=NC3(CCC(C)CC3)CS2)c(Br)c1. The quantitative estimate of drug-likeness (QED) is 0.706. The Kier molecular flexibility index (Phi) is 4.37. The Hall–Kier alpha value is -0.480. The van der Waals surface area contributed by atoms with Crippen molar-refractivity contribution in [3.8, 4) is 0 Å². The maximum Gasteiger partial charge on any atom is 0.161 e. The van der Waals surface area contributed by atoms with E-state index in [-0.39, 0.29) is 5.54 Å². The molecule has 0 unspecified atom stereocenters. The lowest BCUT2D eigenvalue weighted by Gasteiger charge is -2.32. The molecule has 1 heterocycles. The van der Waals surface area contributed by atoms with Crippen molar-refractivity contribution in [2.45, 2.75) is 52.0 Å². The average molecular weight is 367 g/mol. The minimum Gasteiger partial charge on any atom is -0.334 e. The van der Waals surface area contributed by atoms with E-state index in [1.165, 1.54) is 36.8 Å². The predicted octanol–water partition coefficient (Wildman–Crippen LogP) is 5.53. The second kappa shape index (κ2) is 5.96. The van der Waals surface area contributed by atoms with Crippen LogP contribution in [-0.2, 0) is 0 Å². The summed E-state index contributed by atoms with van der Waals surface area (Å²) in [5.41, 5.74) is 3.92. The molecular weight excluding hydrogens is 344 g/mol. The van der Waals surface area contributed by atoms with Gasteiger partial charge >= 0.3 is 0 Å². The van der Waals surface area contributed by atoms with Gasteiger partial charge < -0.3 is 5.32 Å². The molecule has 1 aliphatic heterocycles. The molecule has 0 amide bonds. The van der Waals surface area contributed by atoms with Gasteiger partial charge in [0.05, 0.1) is 11.2 Å². The van der Waals surface area contributed by atoms with Gasteiger partial charge in [-0.1, -0.05) is 24.8 Å². The van der Waals surface area contributed by atoms with Gasteiger partial charge in [0.15, 0.2) is 5.17 Å². The number of nitrogens with zero attached hydrogens (tertiary/aromatic N) is 1. The molecule has 114 valence electrons. The van der Waals surface area contributed by atoms with Crippen LogP contribution in [0.5, 0.6) is 0 Å². The van der Waals surface area contributed by atoms with Crippen LogP contribution in [0.25, 0.3) is 0 Å². The van der Waals surface area contributed by atoms with Gasteiger partial charge in [-0.15, -0.1) is 0 Å². The number of halogens is 1. The third kappa shape index (κ3) is 3.31. The Morgan fingerprint density at radius 2 is 2.00 bits per heavy atom. The van der Waals surface area contributed by atoms with Crippen LogP contribution in [0.15, 0.2) is 21.6 Å². The van der Waals surface area contributed by atoms with Crippen molar-refractivity contribution in [1.82, 2.24) is 0 Å². The standard InChI is InChI=1S/C17H23BrN2S/c1-11-4-6-17(7-5-11)10-21-16(20-17)19-15-13(3)8-12(2)9-14(15)18/h8-9,11H,4-7,10H2,1-3H3,(H,19,20). The van der Waals surface area contributed by atoms with Gasteiger partial charge in [0.2, 0.25) is 0 Å². The molecule has 0 radical (unpaired) electrons. The summed E-state index contributed by atoms with van der Waals surface area (Å²) in [6.45, 7) is 6.64. The van der Waals surface area contributed by atoms with Crippen molar-refractivity contribution in [3.05, 3.63) is 27.7 Å². The van der Waals surface area contributed by atoms with Crippen LogP contribution in [0.3, 0.4) is 0 Å². The van der Waals surface area contributed by atoms with Gasteiger partial charge in [-0.3, -0.25) is 4.99 Å². The molecule has 3 rings (SSSR count). The fourth-order valence-electron chi connectivity index (χ4n) is 3.28. The van der Waals surface area contributed by atoms with Crippen LogP contribution in [0.2, 0.25) is 0 Å². The van der Waals surface area contributed by atoms with E-state index in [4.69, 9.17) is 4.99 Å². The molecule has 4 heteroatoms. The molecule has 0 aromatic heterocycles. The van der Waals surface area contributed by atoms with Crippen LogP contribution >= 0.6 is 27.7 Å². The second-order valence-corrected chi connectivity index (χ2v) is 8.49. The monoisotopic (exact) mass is 366 g/mol. The summed E-state index contributed by atoms with van der Waals surface area (Å²) in [4.78, 5) is 5.06. The summed E-state index contributed by atoms with van der Waals surface area (Å²) in [6.07, 6.45) is 5.15.